The number of halogens is 2. The largest absolute Gasteiger partial charge is 0.439 e. The van der Waals surface area contributed by atoms with Crippen molar-refractivity contribution in [3.63, 3.8) is 0 Å². The summed E-state index contributed by atoms with van der Waals surface area (Å²) in [7, 11) is -4.09. The number of likely N-dealkylation sites (tertiary alicyclic amines) is 1. The molecule has 2 aliphatic heterocycles. The van der Waals surface area contributed by atoms with E-state index in [1.165, 1.54) is 23.1 Å². The quantitative estimate of drug-likeness (QED) is 0.733. The fourth-order valence-corrected chi connectivity index (χ4v) is 5.09. The smallest absolute Gasteiger partial charge is 0.417 e. The molecule has 0 spiro atoms. The molecule has 0 radical (unpaired) electrons. The molecule has 1 N–H and O–H groups in total. The standard InChI is InChI=1S/C15H15Cl2N3O6S/c16-10-2-1-3-11(17)14(10)27(24,25)18-6-12(21)19-5-4-9(7-19)20-13(22)8-26-15(20)23/h1-3,9,18H,4-8H2. The first-order chi connectivity index (χ1) is 12.7. The van der Waals surface area contributed by atoms with Gasteiger partial charge in [-0.2, -0.15) is 0 Å². The van der Waals surface area contributed by atoms with Crippen LogP contribution in [0.1, 0.15) is 6.42 Å². The minimum atomic E-state index is -4.09. The monoisotopic (exact) mass is 435 g/mol. The van der Waals surface area contributed by atoms with Crippen LogP contribution in [0.15, 0.2) is 23.1 Å². The van der Waals surface area contributed by atoms with Gasteiger partial charge in [0.1, 0.15) is 4.90 Å². The van der Waals surface area contributed by atoms with E-state index < -0.39 is 40.5 Å². The highest BCUT2D eigenvalue weighted by molar-refractivity contribution is 7.89. The third-order valence-corrected chi connectivity index (χ3v) is 6.62. The molecule has 3 amide bonds. The van der Waals surface area contributed by atoms with Gasteiger partial charge in [-0.25, -0.2) is 22.8 Å². The zero-order valence-electron chi connectivity index (χ0n) is 13.9. The number of nitrogens with zero attached hydrogens (tertiary/aromatic N) is 2. The fourth-order valence-electron chi connectivity index (χ4n) is 2.98. The zero-order valence-corrected chi connectivity index (χ0v) is 16.2. The predicted octanol–water partition coefficient (Wildman–Crippen LogP) is 0.851. The van der Waals surface area contributed by atoms with Gasteiger partial charge in [-0.05, 0) is 18.6 Å². The first kappa shape index (κ1) is 19.9. The lowest BCUT2D eigenvalue weighted by Gasteiger charge is -2.20. The van der Waals surface area contributed by atoms with Gasteiger partial charge in [-0.3, -0.25) is 9.59 Å². The van der Waals surface area contributed by atoms with E-state index in [9.17, 15) is 22.8 Å². The third-order valence-electron chi connectivity index (χ3n) is 4.27. The summed E-state index contributed by atoms with van der Waals surface area (Å²) >= 11 is 11.8. The second kappa shape index (κ2) is 7.63. The van der Waals surface area contributed by atoms with Crippen LogP contribution in [0.5, 0.6) is 0 Å². The molecule has 1 atom stereocenters. The first-order valence-corrected chi connectivity index (χ1v) is 10.1. The minimum Gasteiger partial charge on any atom is -0.439 e. The van der Waals surface area contributed by atoms with E-state index in [2.05, 4.69) is 9.46 Å². The highest BCUT2D eigenvalue weighted by Crippen LogP contribution is 2.28. The van der Waals surface area contributed by atoms with Crippen molar-refractivity contribution in [2.75, 3.05) is 26.2 Å². The zero-order chi connectivity index (χ0) is 19.8. The highest BCUT2D eigenvalue weighted by Gasteiger charge is 2.41. The molecule has 1 unspecified atom stereocenters. The number of hydrogen-bond acceptors (Lipinski definition) is 6. The molecular formula is C15H15Cl2N3O6S. The van der Waals surface area contributed by atoms with Crippen molar-refractivity contribution in [3.05, 3.63) is 28.2 Å². The molecule has 2 heterocycles. The summed E-state index contributed by atoms with van der Waals surface area (Å²) in [6, 6.07) is 3.78. The van der Waals surface area contributed by atoms with E-state index in [1.807, 2.05) is 0 Å². The Morgan fingerprint density at radius 2 is 1.93 bits per heavy atom. The number of ether oxygens (including phenoxy) is 1. The summed E-state index contributed by atoms with van der Waals surface area (Å²) in [5.41, 5.74) is 0. The van der Waals surface area contributed by atoms with E-state index >= 15 is 0 Å². The fraction of sp³-hybridized carbons (Fsp3) is 0.400. The van der Waals surface area contributed by atoms with Gasteiger partial charge < -0.3 is 9.64 Å². The maximum atomic E-state index is 12.4. The highest BCUT2D eigenvalue weighted by atomic mass is 35.5. The molecule has 0 saturated carbocycles. The number of cyclic esters (lactones) is 1. The molecule has 1 aromatic rings. The average molecular weight is 436 g/mol. The second-order valence-electron chi connectivity index (χ2n) is 5.98. The van der Waals surface area contributed by atoms with E-state index in [4.69, 9.17) is 23.2 Å². The molecule has 9 nitrogen and oxygen atoms in total. The second-order valence-corrected chi connectivity index (χ2v) is 8.49. The van der Waals surface area contributed by atoms with Crippen LogP contribution < -0.4 is 4.72 Å². The van der Waals surface area contributed by atoms with Crippen molar-refractivity contribution in [2.24, 2.45) is 0 Å². The Balaban J connectivity index is 1.62. The van der Waals surface area contributed by atoms with Crippen LogP contribution in [0.4, 0.5) is 4.79 Å². The maximum Gasteiger partial charge on any atom is 0.417 e. The molecule has 0 bridgehead atoms. The maximum absolute atomic E-state index is 12.4. The van der Waals surface area contributed by atoms with Crippen molar-refractivity contribution in [1.82, 2.24) is 14.5 Å². The summed E-state index contributed by atoms with van der Waals surface area (Å²) in [4.78, 5) is 37.7. The van der Waals surface area contributed by atoms with Crippen LogP contribution in [0.3, 0.4) is 0 Å². The van der Waals surface area contributed by atoms with Crippen molar-refractivity contribution >= 4 is 51.1 Å². The lowest BCUT2D eigenvalue weighted by molar-refractivity contribution is -0.130. The number of imide groups is 1. The Bertz CT molecular complexity index is 871. The van der Waals surface area contributed by atoms with Crippen LogP contribution >= 0.6 is 23.2 Å². The van der Waals surface area contributed by atoms with Gasteiger partial charge in [0, 0.05) is 13.1 Å². The number of nitrogens with one attached hydrogen (secondary N) is 1. The number of carbonyl (C=O) groups is 3. The van der Waals surface area contributed by atoms with Crippen LogP contribution in [0.25, 0.3) is 0 Å². The van der Waals surface area contributed by atoms with E-state index in [-0.39, 0.29) is 34.6 Å². The van der Waals surface area contributed by atoms with Crippen molar-refractivity contribution < 1.29 is 27.5 Å². The number of amides is 3. The van der Waals surface area contributed by atoms with Crippen molar-refractivity contribution in [3.8, 4) is 0 Å². The summed E-state index contributed by atoms with van der Waals surface area (Å²) in [6.45, 7) is -0.403. The van der Waals surface area contributed by atoms with Gasteiger partial charge in [-0.1, -0.05) is 29.3 Å². The molecule has 3 rings (SSSR count). The first-order valence-electron chi connectivity index (χ1n) is 7.91. The molecule has 2 aliphatic rings. The molecule has 0 aliphatic carbocycles. The number of hydrogen-bond donors (Lipinski definition) is 1. The number of benzene rings is 1. The normalized spacial score (nSPS) is 20.3. The SMILES string of the molecule is O=C(CNS(=O)(=O)c1c(Cl)cccc1Cl)N1CCC(N2C(=O)COC2=O)C1. The number of sulfonamides is 1. The number of carbonyl (C=O) groups excluding carboxylic acids is 3. The van der Waals surface area contributed by atoms with Gasteiger partial charge in [0.15, 0.2) is 6.61 Å². The average Bonchev–Trinajstić information content (AvgIpc) is 3.19. The molecule has 0 aromatic heterocycles. The Labute approximate surface area is 165 Å². The van der Waals surface area contributed by atoms with Crippen molar-refractivity contribution in [2.45, 2.75) is 17.4 Å². The van der Waals surface area contributed by atoms with Gasteiger partial charge in [0.25, 0.3) is 5.91 Å². The van der Waals surface area contributed by atoms with Gasteiger partial charge in [-0.15, -0.1) is 0 Å². The lowest BCUT2D eigenvalue weighted by Crippen LogP contribution is -2.44. The van der Waals surface area contributed by atoms with Gasteiger partial charge >= 0.3 is 6.09 Å². The predicted molar refractivity (Wildman–Crippen MR) is 94.8 cm³/mol. The van der Waals surface area contributed by atoms with Gasteiger partial charge in [0.05, 0.1) is 22.6 Å². The Morgan fingerprint density at radius 1 is 1.26 bits per heavy atom. The topological polar surface area (TPSA) is 113 Å². The molecular weight excluding hydrogens is 421 g/mol. The van der Waals surface area contributed by atoms with Crippen LogP contribution in [0, 0.1) is 0 Å². The van der Waals surface area contributed by atoms with Crippen molar-refractivity contribution in [1.29, 1.82) is 0 Å². The lowest BCUT2D eigenvalue weighted by atomic mass is 10.2. The van der Waals surface area contributed by atoms with E-state index in [1.54, 1.807) is 0 Å². The summed E-state index contributed by atoms with van der Waals surface area (Å²) in [6.07, 6.45) is -0.330. The molecule has 2 fully saturated rings. The number of rotatable bonds is 5. The van der Waals surface area contributed by atoms with Crippen LogP contribution in [-0.4, -0.2) is 68.4 Å². The van der Waals surface area contributed by atoms with Gasteiger partial charge in [0.2, 0.25) is 15.9 Å². The van der Waals surface area contributed by atoms with E-state index in [0.29, 0.717) is 6.42 Å². The summed E-state index contributed by atoms with van der Waals surface area (Å²) in [5, 5.41) is -0.121. The minimum absolute atomic E-state index is 0.0604. The van der Waals surface area contributed by atoms with E-state index in [0.717, 1.165) is 4.90 Å². The van der Waals surface area contributed by atoms with Crippen LogP contribution in [0.2, 0.25) is 10.0 Å². The summed E-state index contributed by atoms with van der Waals surface area (Å²) < 4.78 is 31.6. The molecule has 1 aromatic carbocycles. The molecule has 146 valence electrons. The molecule has 12 heteroatoms. The Morgan fingerprint density at radius 3 is 2.52 bits per heavy atom. The third kappa shape index (κ3) is 4.03. The Hall–Kier alpha value is -1.88. The Kier molecular flexibility index (Phi) is 5.61. The van der Waals surface area contributed by atoms with Crippen LogP contribution in [-0.2, 0) is 24.3 Å². The summed E-state index contributed by atoms with van der Waals surface area (Å²) in [5.74, 6) is -0.947. The molecule has 27 heavy (non-hydrogen) atoms. The molecule has 2 saturated heterocycles.